The Balaban J connectivity index is 1.76. The molecular weight excluding hydrogens is 275 g/mol. The van der Waals surface area contributed by atoms with Crippen LogP contribution < -0.4 is 4.74 Å². The first-order valence-electron chi connectivity index (χ1n) is 5.18. The molecule has 3 heteroatoms. The van der Waals surface area contributed by atoms with Crippen molar-refractivity contribution in [2.24, 2.45) is 5.41 Å². The van der Waals surface area contributed by atoms with Crippen LogP contribution in [0.15, 0.2) is 28.7 Å². The van der Waals surface area contributed by atoms with E-state index in [1.165, 1.54) is 12.8 Å². The lowest BCUT2D eigenvalue weighted by molar-refractivity contribution is 0.278. The van der Waals surface area contributed by atoms with E-state index in [1.807, 2.05) is 24.3 Å². The second-order valence-corrected chi connectivity index (χ2v) is 5.37. The van der Waals surface area contributed by atoms with Gasteiger partial charge in [0.1, 0.15) is 5.75 Å². The summed E-state index contributed by atoms with van der Waals surface area (Å²) in [6.07, 6.45) is 3.60. The van der Waals surface area contributed by atoms with Gasteiger partial charge in [-0.15, -0.1) is 11.6 Å². The lowest BCUT2D eigenvalue weighted by Gasteiger charge is -2.11. The van der Waals surface area contributed by atoms with Gasteiger partial charge < -0.3 is 4.74 Å². The zero-order valence-electron chi connectivity index (χ0n) is 8.51. The number of hydrogen-bond donors (Lipinski definition) is 0. The van der Waals surface area contributed by atoms with Crippen molar-refractivity contribution >= 4 is 27.5 Å². The third kappa shape index (κ3) is 3.12. The minimum Gasteiger partial charge on any atom is -0.494 e. The Morgan fingerprint density at radius 1 is 1.27 bits per heavy atom. The number of alkyl halides is 1. The highest BCUT2D eigenvalue weighted by molar-refractivity contribution is 9.10. The molecule has 1 aromatic rings. The van der Waals surface area contributed by atoms with Crippen LogP contribution in [0.5, 0.6) is 5.75 Å². The predicted octanol–water partition coefficient (Wildman–Crippen LogP) is 4.24. The van der Waals surface area contributed by atoms with Gasteiger partial charge in [0.25, 0.3) is 0 Å². The van der Waals surface area contributed by atoms with E-state index >= 15 is 0 Å². The van der Waals surface area contributed by atoms with Gasteiger partial charge in [0.2, 0.25) is 0 Å². The van der Waals surface area contributed by atoms with Gasteiger partial charge in [0.05, 0.1) is 6.61 Å². The van der Waals surface area contributed by atoms with Gasteiger partial charge in [-0.25, -0.2) is 0 Å². The van der Waals surface area contributed by atoms with Gasteiger partial charge in [0.15, 0.2) is 0 Å². The fraction of sp³-hybridized carbons (Fsp3) is 0.500. The molecule has 1 nitrogen and oxygen atoms in total. The molecule has 0 N–H and O–H groups in total. The summed E-state index contributed by atoms with van der Waals surface area (Å²) in [5.41, 5.74) is 0.400. The van der Waals surface area contributed by atoms with E-state index < -0.39 is 0 Å². The van der Waals surface area contributed by atoms with Crippen LogP contribution in [0.1, 0.15) is 19.3 Å². The quantitative estimate of drug-likeness (QED) is 0.737. The lowest BCUT2D eigenvalue weighted by atomic mass is 10.1. The summed E-state index contributed by atoms with van der Waals surface area (Å²) in [5, 5.41) is 0. The van der Waals surface area contributed by atoms with Gasteiger partial charge in [-0.3, -0.25) is 0 Å². The second kappa shape index (κ2) is 4.75. The number of ether oxygens (including phenoxy) is 1. The molecule has 1 saturated carbocycles. The monoisotopic (exact) mass is 288 g/mol. The topological polar surface area (TPSA) is 9.23 Å². The first-order chi connectivity index (χ1) is 7.24. The van der Waals surface area contributed by atoms with E-state index in [2.05, 4.69) is 15.9 Å². The van der Waals surface area contributed by atoms with Gasteiger partial charge in [0, 0.05) is 10.4 Å². The van der Waals surface area contributed by atoms with Crippen LogP contribution in [0.4, 0.5) is 0 Å². The first kappa shape index (κ1) is 11.3. The average Bonchev–Trinajstić information content (AvgIpc) is 3.02. The molecule has 0 spiro atoms. The van der Waals surface area contributed by atoms with Gasteiger partial charge in [-0.05, 0) is 48.9 Å². The van der Waals surface area contributed by atoms with Crippen LogP contribution in [0.2, 0.25) is 0 Å². The van der Waals surface area contributed by atoms with Crippen molar-refractivity contribution in [2.45, 2.75) is 19.3 Å². The molecule has 0 heterocycles. The van der Waals surface area contributed by atoms with Crippen LogP contribution in [-0.2, 0) is 0 Å². The minimum absolute atomic E-state index is 0.400. The Hall–Kier alpha value is -0.210. The normalized spacial score (nSPS) is 17.5. The minimum atomic E-state index is 0.400. The van der Waals surface area contributed by atoms with Crippen molar-refractivity contribution in [1.82, 2.24) is 0 Å². The van der Waals surface area contributed by atoms with E-state index in [1.54, 1.807) is 0 Å². The van der Waals surface area contributed by atoms with Crippen LogP contribution >= 0.6 is 27.5 Å². The number of hydrogen-bond acceptors (Lipinski definition) is 1. The Morgan fingerprint density at radius 2 is 1.93 bits per heavy atom. The summed E-state index contributed by atoms with van der Waals surface area (Å²) in [5.74, 6) is 1.71. The lowest BCUT2D eigenvalue weighted by Crippen LogP contribution is -2.08. The highest BCUT2D eigenvalue weighted by Crippen LogP contribution is 2.49. The molecule has 0 saturated heterocycles. The molecule has 0 amide bonds. The molecule has 0 radical (unpaired) electrons. The highest BCUT2D eigenvalue weighted by atomic mass is 79.9. The molecule has 0 aromatic heterocycles. The average molecular weight is 290 g/mol. The maximum absolute atomic E-state index is 5.90. The Bertz CT molecular complexity index is 319. The molecule has 1 aliphatic carbocycles. The molecule has 1 aliphatic rings. The molecule has 0 unspecified atom stereocenters. The predicted molar refractivity (Wildman–Crippen MR) is 66.6 cm³/mol. The van der Waals surface area contributed by atoms with Crippen molar-refractivity contribution in [3.05, 3.63) is 28.7 Å². The van der Waals surface area contributed by atoms with Crippen LogP contribution in [0.25, 0.3) is 0 Å². The van der Waals surface area contributed by atoms with E-state index in [0.29, 0.717) is 5.41 Å². The Labute approximate surface area is 104 Å². The second-order valence-electron chi connectivity index (χ2n) is 4.19. The van der Waals surface area contributed by atoms with Crippen molar-refractivity contribution in [1.29, 1.82) is 0 Å². The van der Waals surface area contributed by atoms with E-state index in [-0.39, 0.29) is 0 Å². The fourth-order valence-electron chi connectivity index (χ4n) is 1.54. The summed E-state index contributed by atoms with van der Waals surface area (Å²) >= 11 is 9.29. The highest BCUT2D eigenvalue weighted by Gasteiger charge is 2.41. The molecule has 0 aliphatic heterocycles. The Morgan fingerprint density at radius 3 is 2.47 bits per heavy atom. The molecule has 82 valence electrons. The van der Waals surface area contributed by atoms with Crippen molar-refractivity contribution in [3.8, 4) is 5.75 Å². The fourth-order valence-corrected chi connectivity index (χ4v) is 2.21. The molecule has 1 fully saturated rings. The van der Waals surface area contributed by atoms with Gasteiger partial charge in [-0.2, -0.15) is 0 Å². The van der Waals surface area contributed by atoms with Crippen molar-refractivity contribution in [2.75, 3.05) is 12.5 Å². The summed E-state index contributed by atoms with van der Waals surface area (Å²) in [6.45, 7) is 0.772. The van der Waals surface area contributed by atoms with Crippen molar-refractivity contribution in [3.63, 3.8) is 0 Å². The summed E-state index contributed by atoms with van der Waals surface area (Å²) < 4.78 is 6.74. The number of rotatable bonds is 5. The van der Waals surface area contributed by atoms with Crippen LogP contribution in [-0.4, -0.2) is 12.5 Å². The van der Waals surface area contributed by atoms with E-state index in [0.717, 1.165) is 29.1 Å². The smallest absolute Gasteiger partial charge is 0.119 e. The standard InChI is InChI=1S/C12H14BrClO/c13-10-1-3-11(4-2-10)15-8-7-12(9-14)5-6-12/h1-4H,5-9H2. The van der Waals surface area contributed by atoms with Crippen molar-refractivity contribution < 1.29 is 4.74 Å². The maximum Gasteiger partial charge on any atom is 0.119 e. The summed E-state index contributed by atoms with van der Waals surface area (Å²) in [6, 6.07) is 7.93. The third-order valence-corrected chi connectivity index (χ3v) is 4.05. The summed E-state index contributed by atoms with van der Waals surface area (Å²) in [7, 11) is 0. The zero-order chi connectivity index (χ0) is 10.7. The zero-order valence-corrected chi connectivity index (χ0v) is 10.9. The van der Waals surface area contributed by atoms with Gasteiger partial charge in [-0.1, -0.05) is 15.9 Å². The first-order valence-corrected chi connectivity index (χ1v) is 6.51. The molecule has 1 aromatic carbocycles. The molecule has 0 bridgehead atoms. The summed E-state index contributed by atoms with van der Waals surface area (Å²) in [4.78, 5) is 0. The SMILES string of the molecule is ClCC1(CCOc2ccc(Br)cc2)CC1. The largest absolute Gasteiger partial charge is 0.494 e. The number of halogens is 2. The number of benzene rings is 1. The molecule has 2 rings (SSSR count). The van der Waals surface area contributed by atoms with Gasteiger partial charge >= 0.3 is 0 Å². The third-order valence-electron chi connectivity index (χ3n) is 2.96. The van der Waals surface area contributed by atoms with E-state index in [4.69, 9.17) is 16.3 Å². The van der Waals surface area contributed by atoms with Crippen LogP contribution in [0, 0.1) is 5.41 Å². The Kier molecular flexibility index (Phi) is 3.57. The maximum atomic E-state index is 5.90. The molecular formula is C12H14BrClO. The molecule has 0 atom stereocenters. The van der Waals surface area contributed by atoms with Crippen LogP contribution in [0.3, 0.4) is 0 Å². The van der Waals surface area contributed by atoms with E-state index in [9.17, 15) is 0 Å². The molecule has 15 heavy (non-hydrogen) atoms.